The van der Waals surface area contributed by atoms with E-state index in [1.807, 2.05) is 0 Å². The average molecular weight is 431 g/mol. The predicted molar refractivity (Wildman–Crippen MR) is 99.6 cm³/mol. The van der Waals surface area contributed by atoms with Crippen LogP contribution >= 0.6 is 0 Å². The van der Waals surface area contributed by atoms with Gasteiger partial charge in [-0.25, -0.2) is 4.79 Å². The maximum absolute atomic E-state index is 12.0. The standard InChI is InChI=1S/C17H13N5O7S/c23-17(13-3-1-12(2-4-13)16-20-18-11-19-21-16)28-9-10-29-30(26,27)15-7-5-14(6-8-15)22(24)25/h1-8,11H,9-10H2. The summed E-state index contributed by atoms with van der Waals surface area (Å²) in [5.41, 5.74) is 0.582. The minimum absolute atomic E-state index is 0.230. The molecular weight excluding hydrogens is 418 g/mol. The van der Waals surface area contributed by atoms with Crippen molar-refractivity contribution < 1.29 is 27.1 Å². The van der Waals surface area contributed by atoms with Gasteiger partial charge >= 0.3 is 5.97 Å². The lowest BCUT2D eigenvalue weighted by Crippen LogP contribution is -2.14. The van der Waals surface area contributed by atoms with Gasteiger partial charge in [-0.05, 0) is 24.3 Å². The van der Waals surface area contributed by atoms with Gasteiger partial charge in [-0.15, -0.1) is 20.4 Å². The lowest BCUT2D eigenvalue weighted by Gasteiger charge is -2.07. The molecule has 0 aliphatic heterocycles. The Bertz CT molecular complexity index is 1140. The van der Waals surface area contributed by atoms with Crippen molar-refractivity contribution in [3.63, 3.8) is 0 Å². The number of aromatic nitrogens is 4. The SMILES string of the molecule is O=C(OCCOS(=O)(=O)c1ccc([N+](=O)[O-])cc1)c1ccc(-c2nncnn2)cc1. The molecule has 0 atom stereocenters. The van der Waals surface area contributed by atoms with Gasteiger partial charge in [0.2, 0.25) is 5.82 Å². The molecule has 0 radical (unpaired) electrons. The molecule has 154 valence electrons. The van der Waals surface area contributed by atoms with Gasteiger partial charge in [0.05, 0.1) is 15.4 Å². The normalized spacial score (nSPS) is 11.1. The van der Waals surface area contributed by atoms with Crippen LogP contribution in [0.5, 0.6) is 0 Å². The molecule has 3 aromatic rings. The Hall–Kier alpha value is -3.84. The fourth-order valence-corrected chi connectivity index (χ4v) is 3.13. The van der Waals surface area contributed by atoms with Crippen LogP contribution in [0.1, 0.15) is 10.4 Å². The molecule has 0 saturated carbocycles. The molecule has 0 fully saturated rings. The van der Waals surface area contributed by atoms with Crippen molar-refractivity contribution in [1.29, 1.82) is 0 Å². The van der Waals surface area contributed by atoms with E-state index in [1.54, 1.807) is 12.1 Å². The molecule has 0 N–H and O–H groups in total. The number of carbonyl (C=O) groups excluding carboxylic acids is 1. The maximum Gasteiger partial charge on any atom is 0.338 e. The molecule has 1 heterocycles. The zero-order valence-electron chi connectivity index (χ0n) is 15.1. The molecule has 2 aromatic carbocycles. The lowest BCUT2D eigenvalue weighted by molar-refractivity contribution is -0.384. The Morgan fingerprint density at radius 1 is 0.967 bits per heavy atom. The minimum Gasteiger partial charge on any atom is -0.460 e. The summed E-state index contributed by atoms with van der Waals surface area (Å²) in [5.74, 6) is -0.384. The molecule has 12 nitrogen and oxygen atoms in total. The maximum atomic E-state index is 12.0. The average Bonchev–Trinajstić information content (AvgIpc) is 2.77. The molecule has 30 heavy (non-hydrogen) atoms. The van der Waals surface area contributed by atoms with Gasteiger partial charge in [0.15, 0.2) is 6.33 Å². The molecule has 13 heteroatoms. The van der Waals surface area contributed by atoms with Gasteiger partial charge in [0, 0.05) is 17.7 Å². The smallest absolute Gasteiger partial charge is 0.338 e. The summed E-state index contributed by atoms with van der Waals surface area (Å²) in [4.78, 5) is 21.8. The van der Waals surface area contributed by atoms with Crippen molar-refractivity contribution in [3.05, 3.63) is 70.5 Å². The summed E-state index contributed by atoms with van der Waals surface area (Å²) in [5, 5.41) is 25.4. The van der Waals surface area contributed by atoms with Crippen molar-refractivity contribution in [2.45, 2.75) is 4.90 Å². The number of nitro benzene ring substituents is 1. The second-order valence-corrected chi connectivity index (χ2v) is 7.23. The highest BCUT2D eigenvalue weighted by Gasteiger charge is 2.17. The van der Waals surface area contributed by atoms with E-state index >= 15 is 0 Å². The first kappa shape index (κ1) is 20.9. The van der Waals surface area contributed by atoms with Gasteiger partial charge in [-0.2, -0.15) is 8.42 Å². The first-order valence-electron chi connectivity index (χ1n) is 8.28. The van der Waals surface area contributed by atoms with Crippen LogP contribution in [0, 0.1) is 10.1 Å². The number of benzene rings is 2. The monoisotopic (exact) mass is 431 g/mol. The van der Waals surface area contributed by atoms with Crippen LogP contribution in [-0.2, 0) is 19.0 Å². The van der Waals surface area contributed by atoms with Crippen molar-refractivity contribution in [3.8, 4) is 11.4 Å². The summed E-state index contributed by atoms with van der Waals surface area (Å²) in [7, 11) is -4.14. The molecule has 1 aromatic heterocycles. The highest BCUT2D eigenvalue weighted by atomic mass is 32.2. The van der Waals surface area contributed by atoms with Gasteiger partial charge in [0.1, 0.15) is 13.2 Å². The van der Waals surface area contributed by atoms with Crippen LogP contribution in [0.15, 0.2) is 59.8 Å². The molecule has 0 saturated heterocycles. The van der Waals surface area contributed by atoms with Crippen molar-refractivity contribution in [2.75, 3.05) is 13.2 Å². The summed E-state index contributed by atoms with van der Waals surface area (Å²) >= 11 is 0. The van der Waals surface area contributed by atoms with Gasteiger partial charge in [-0.3, -0.25) is 14.3 Å². The molecule has 0 bridgehead atoms. The van der Waals surface area contributed by atoms with E-state index in [9.17, 15) is 23.3 Å². The van der Waals surface area contributed by atoms with Crippen LogP contribution in [-0.4, -0.2) is 52.9 Å². The third kappa shape index (κ3) is 5.15. The van der Waals surface area contributed by atoms with E-state index in [0.717, 1.165) is 24.3 Å². The highest BCUT2D eigenvalue weighted by molar-refractivity contribution is 7.86. The number of esters is 1. The second kappa shape index (κ2) is 9.11. The Balaban J connectivity index is 1.51. The Kier molecular flexibility index (Phi) is 6.34. The molecule has 0 amide bonds. The van der Waals surface area contributed by atoms with E-state index in [2.05, 4.69) is 20.4 Å². The molecular formula is C17H13N5O7S. The van der Waals surface area contributed by atoms with Crippen LogP contribution in [0.2, 0.25) is 0 Å². The van der Waals surface area contributed by atoms with E-state index in [0.29, 0.717) is 11.4 Å². The number of hydrogen-bond donors (Lipinski definition) is 0. The van der Waals surface area contributed by atoms with Crippen LogP contribution in [0.25, 0.3) is 11.4 Å². The highest BCUT2D eigenvalue weighted by Crippen LogP contribution is 2.18. The minimum atomic E-state index is -4.14. The third-order valence-corrected chi connectivity index (χ3v) is 5.00. The molecule has 0 aliphatic carbocycles. The Labute approximate surface area is 169 Å². The summed E-state index contributed by atoms with van der Waals surface area (Å²) < 4.78 is 33.8. The van der Waals surface area contributed by atoms with E-state index in [1.165, 1.54) is 18.5 Å². The van der Waals surface area contributed by atoms with Crippen molar-refractivity contribution in [1.82, 2.24) is 20.4 Å². The molecule has 3 rings (SSSR count). The summed E-state index contributed by atoms with van der Waals surface area (Å²) in [6, 6.07) is 10.4. The third-order valence-electron chi connectivity index (χ3n) is 3.68. The predicted octanol–water partition coefficient (Wildman–Crippen LogP) is 1.40. The van der Waals surface area contributed by atoms with Crippen LogP contribution < -0.4 is 0 Å². The first-order valence-corrected chi connectivity index (χ1v) is 9.69. The quantitative estimate of drug-likeness (QED) is 0.166. The van der Waals surface area contributed by atoms with Crippen molar-refractivity contribution in [2.24, 2.45) is 0 Å². The first-order chi connectivity index (χ1) is 14.4. The fraction of sp³-hybridized carbons (Fsp3) is 0.118. The zero-order chi connectivity index (χ0) is 21.6. The molecule has 0 unspecified atom stereocenters. The van der Waals surface area contributed by atoms with E-state index in [4.69, 9.17) is 8.92 Å². The second-order valence-electron chi connectivity index (χ2n) is 5.61. The van der Waals surface area contributed by atoms with Crippen LogP contribution in [0.4, 0.5) is 5.69 Å². The van der Waals surface area contributed by atoms with Crippen LogP contribution in [0.3, 0.4) is 0 Å². The number of carbonyl (C=O) groups is 1. The number of non-ortho nitro benzene ring substituents is 1. The zero-order valence-corrected chi connectivity index (χ0v) is 15.9. The molecule has 0 aliphatic rings. The Morgan fingerprint density at radius 3 is 2.20 bits per heavy atom. The largest absolute Gasteiger partial charge is 0.460 e. The topological polar surface area (TPSA) is 164 Å². The lowest BCUT2D eigenvalue weighted by atomic mass is 10.1. The van der Waals surface area contributed by atoms with Gasteiger partial charge < -0.3 is 4.74 Å². The molecule has 0 spiro atoms. The van der Waals surface area contributed by atoms with E-state index in [-0.39, 0.29) is 22.8 Å². The Morgan fingerprint density at radius 2 is 1.60 bits per heavy atom. The van der Waals surface area contributed by atoms with E-state index < -0.39 is 27.6 Å². The van der Waals surface area contributed by atoms with Crippen molar-refractivity contribution >= 4 is 21.8 Å². The fourth-order valence-electron chi connectivity index (χ4n) is 2.24. The summed E-state index contributed by atoms with van der Waals surface area (Å²) in [6.07, 6.45) is 1.19. The number of nitro groups is 1. The number of nitrogens with zero attached hydrogens (tertiary/aromatic N) is 5. The van der Waals surface area contributed by atoms with Gasteiger partial charge in [0.25, 0.3) is 15.8 Å². The van der Waals surface area contributed by atoms with Gasteiger partial charge in [-0.1, -0.05) is 12.1 Å². The number of hydrogen-bond acceptors (Lipinski definition) is 11. The number of ether oxygens (including phenoxy) is 1. The summed E-state index contributed by atoms with van der Waals surface area (Å²) in [6.45, 7) is -0.735. The number of rotatable bonds is 8.